The molecule has 0 fully saturated rings. The van der Waals surface area contributed by atoms with E-state index in [2.05, 4.69) is 5.32 Å². The molecule has 0 atom stereocenters. The zero-order valence-corrected chi connectivity index (χ0v) is 8.12. The van der Waals surface area contributed by atoms with Gasteiger partial charge in [-0.2, -0.15) is 0 Å². The fourth-order valence-corrected chi connectivity index (χ4v) is 1.19. The van der Waals surface area contributed by atoms with Crippen molar-refractivity contribution < 1.29 is 4.92 Å². The first kappa shape index (κ1) is 10.7. The fraction of sp³-hybridized carbons (Fsp3) is 0.250. The third kappa shape index (κ3) is 2.58. The largest absolute Gasteiger partial charge is 0.378 e. The number of nitrogens with two attached hydrogens (primary N) is 1. The first-order chi connectivity index (χ1) is 6.65. The molecule has 0 spiro atoms. The molecule has 0 aromatic heterocycles. The lowest BCUT2D eigenvalue weighted by molar-refractivity contribution is -0.384. The second kappa shape index (κ2) is 4.78. The van der Waals surface area contributed by atoms with Gasteiger partial charge in [0, 0.05) is 24.2 Å². The first-order valence-electron chi connectivity index (χ1n) is 4.03. The molecule has 1 aromatic rings. The molecule has 0 saturated heterocycles. The van der Waals surface area contributed by atoms with Gasteiger partial charge in [-0.3, -0.25) is 10.1 Å². The third-order valence-electron chi connectivity index (χ3n) is 1.62. The molecular weight excluding hydrogens is 206 g/mol. The molecule has 0 aliphatic carbocycles. The summed E-state index contributed by atoms with van der Waals surface area (Å²) in [6.07, 6.45) is 0. The average Bonchev–Trinajstić information content (AvgIpc) is 2.14. The predicted molar refractivity (Wildman–Crippen MR) is 55.7 cm³/mol. The average molecular weight is 216 g/mol. The standard InChI is InChI=1S/C8H10ClN3O2/c9-6-1-2-8(12(13)14)7(5-6)11-4-3-10/h1-2,5,11H,3-4,10H2. The van der Waals surface area contributed by atoms with Crippen molar-refractivity contribution in [3.63, 3.8) is 0 Å². The molecular formula is C8H10ClN3O2. The zero-order chi connectivity index (χ0) is 10.6. The van der Waals surface area contributed by atoms with Crippen LogP contribution in [0.5, 0.6) is 0 Å². The van der Waals surface area contributed by atoms with Crippen molar-refractivity contribution in [2.45, 2.75) is 0 Å². The summed E-state index contributed by atoms with van der Waals surface area (Å²) >= 11 is 5.71. The number of hydrogen-bond acceptors (Lipinski definition) is 4. The monoisotopic (exact) mass is 215 g/mol. The number of benzene rings is 1. The zero-order valence-electron chi connectivity index (χ0n) is 7.37. The van der Waals surface area contributed by atoms with E-state index in [1.54, 1.807) is 0 Å². The van der Waals surface area contributed by atoms with E-state index in [0.717, 1.165) is 0 Å². The number of nitro groups is 1. The minimum absolute atomic E-state index is 0.00264. The molecule has 0 unspecified atom stereocenters. The van der Waals surface area contributed by atoms with E-state index in [9.17, 15) is 10.1 Å². The Bertz CT molecular complexity index is 343. The molecule has 0 saturated carbocycles. The van der Waals surface area contributed by atoms with Gasteiger partial charge in [-0.05, 0) is 12.1 Å². The van der Waals surface area contributed by atoms with Gasteiger partial charge in [0.1, 0.15) is 5.69 Å². The summed E-state index contributed by atoms with van der Waals surface area (Å²) in [5.41, 5.74) is 5.67. The molecule has 0 radical (unpaired) electrons. The van der Waals surface area contributed by atoms with Crippen molar-refractivity contribution in [1.29, 1.82) is 0 Å². The highest BCUT2D eigenvalue weighted by Gasteiger charge is 2.12. The van der Waals surface area contributed by atoms with Gasteiger partial charge in [-0.25, -0.2) is 0 Å². The Kier molecular flexibility index (Phi) is 3.67. The van der Waals surface area contributed by atoms with Crippen LogP contribution in [-0.2, 0) is 0 Å². The van der Waals surface area contributed by atoms with E-state index >= 15 is 0 Å². The summed E-state index contributed by atoms with van der Waals surface area (Å²) in [5.74, 6) is 0. The van der Waals surface area contributed by atoms with Gasteiger partial charge in [0.25, 0.3) is 5.69 Å². The van der Waals surface area contributed by atoms with Crippen molar-refractivity contribution in [3.8, 4) is 0 Å². The molecule has 0 aliphatic rings. The van der Waals surface area contributed by atoms with Crippen LogP contribution in [0.3, 0.4) is 0 Å². The summed E-state index contributed by atoms with van der Waals surface area (Å²) in [5, 5.41) is 13.9. The number of nitrogens with one attached hydrogen (secondary N) is 1. The van der Waals surface area contributed by atoms with Gasteiger partial charge >= 0.3 is 0 Å². The lowest BCUT2D eigenvalue weighted by atomic mass is 10.2. The Balaban J connectivity index is 2.97. The van der Waals surface area contributed by atoms with Crippen molar-refractivity contribution >= 4 is 23.0 Å². The SMILES string of the molecule is NCCNc1cc(Cl)ccc1[N+](=O)[O-]. The smallest absolute Gasteiger partial charge is 0.292 e. The molecule has 0 heterocycles. The molecule has 14 heavy (non-hydrogen) atoms. The summed E-state index contributed by atoms with van der Waals surface area (Å²) in [4.78, 5) is 10.1. The number of anilines is 1. The topological polar surface area (TPSA) is 81.2 Å². The van der Waals surface area contributed by atoms with E-state index < -0.39 is 4.92 Å². The highest BCUT2D eigenvalue weighted by Crippen LogP contribution is 2.27. The Labute approximate surface area is 86.0 Å². The van der Waals surface area contributed by atoms with Crippen LogP contribution < -0.4 is 11.1 Å². The number of halogens is 1. The number of nitrogens with zero attached hydrogens (tertiary/aromatic N) is 1. The van der Waals surface area contributed by atoms with Crippen molar-refractivity contribution in [1.82, 2.24) is 0 Å². The van der Waals surface area contributed by atoms with Crippen LogP contribution >= 0.6 is 11.6 Å². The minimum atomic E-state index is -0.463. The van der Waals surface area contributed by atoms with E-state index in [-0.39, 0.29) is 5.69 Å². The molecule has 76 valence electrons. The van der Waals surface area contributed by atoms with Gasteiger partial charge in [0.2, 0.25) is 0 Å². The molecule has 6 heteroatoms. The van der Waals surface area contributed by atoms with Gasteiger partial charge in [0.05, 0.1) is 4.92 Å². The van der Waals surface area contributed by atoms with Gasteiger partial charge in [-0.1, -0.05) is 11.6 Å². The van der Waals surface area contributed by atoms with Gasteiger partial charge in [-0.15, -0.1) is 0 Å². The molecule has 0 aliphatic heterocycles. The maximum atomic E-state index is 10.6. The first-order valence-corrected chi connectivity index (χ1v) is 4.41. The number of nitro benzene ring substituents is 1. The third-order valence-corrected chi connectivity index (χ3v) is 1.85. The second-order valence-corrected chi connectivity index (χ2v) is 3.07. The fourth-order valence-electron chi connectivity index (χ4n) is 1.02. The predicted octanol–water partition coefficient (Wildman–Crippen LogP) is 1.62. The van der Waals surface area contributed by atoms with Gasteiger partial charge in [0.15, 0.2) is 0 Å². The van der Waals surface area contributed by atoms with E-state index in [4.69, 9.17) is 17.3 Å². The van der Waals surface area contributed by atoms with Crippen LogP contribution in [-0.4, -0.2) is 18.0 Å². The number of rotatable bonds is 4. The molecule has 1 rings (SSSR count). The second-order valence-electron chi connectivity index (χ2n) is 2.63. The maximum Gasteiger partial charge on any atom is 0.292 e. The molecule has 0 bridgehead atoms. The van der Waals surface area contributed by atoms with Crippen LogP contribution in [0.25, 0.3) is 0 Å². The van der Waals surface area contributed by atoms with Crippen LogP contribution in [0.1, 0.15) is 0 Å². The van der Waals surface area contributed by atoms with Crippen molar-refractivity contribution in [2.75, 3.05) is 18.4 Å². The lowest BCUT2D eigenvalue weighted by Crippen LogP contribution is -2.13. The number of hydrogen-bond donors (Lipinski definition) is 2. The molecule has 3 N–H and O–H groups in total. The Morgan fingerprint density at radius 2 is 2.29 bits per heavy atom. The van der Waals surface area contributed by atoms with E-state index in [0.29, 0.717) is 23.8 Å². The Morgan fingerprint density at radius 1 is 1.57 bits per heavy atom. The van der Waals surface area contributed by atoms with Crippen LogP contribution in [0, 0.1) is 10.1 Å². The Morgan fingerprint density at radius 3 is 2.86 bits per heavy atom. The van der Waals surface area contributed by atoms with E-state index in [1.165, 1.54) is 18.2 Å². The highest BCUT2D eigenvalue weighted by atomic mass is 35.5. The van der Waals surface area contributed by atoms with Crippen LogP contribution in [0.4, 0.5) is 11.4 Å². The quantitative estimate of drug-likeness (QED) is 0.591. The highest BCUT2D eigenvalue weighted by molar-refractivity contribution is 6.31. The molecule has 0 amide bonds. The van der Waals surface area contributed by atoms with E-state index in [1.807, 2.05) is 0 Å². The van der Waals surface area contributed by atoms with Crippen LogP contribution in [0.15, 0.2) is 18.2 Å². The Hall–Kier alpha value is -1.33. The summed E-state index contributed by atoms with van der Waals surface area (Å²) in [6.45, 7) is 0.880. The van der Waals surface area contributed by atoms with Crippen molar-refractivity contribution in [2.24, 2.45) is 5.73 Å². The lowest BCUT2D eigenvalue weighted by Gasteiger charge is -2.05. The minimum Gasteiger partial charge on any atom is -0.378 e. The van der Waals surface area contributed by atoms with Crippen LogP contribution in [0.2, 0.25) is 5.02 Å². The summed E-state index contributed by atoms with van der Waals surface area (Å²) < 4.78 is 0. The normalized spacial score (nSPS) is 9.86. The maximum absolute atomic E-state index is 10.6. The molecule has 1 aromatic carbocycles. The molecule has 5 nitrogen and oxygen atoms in total. The van der Waals surface area contributed by atoms with Gasteiger partial charge < -0.3 is 11.1 Å². The summed E-state index contributed by atoms with van der Waals surface area (Å²) in [6, 6.07) is 4.35. The van der Waals surface area contributed by atoms with Crippen molar-refractivity contribution in [3.05, 3.63) is 33.3 Å². The summed E-state index contributed by atoms with van der Waals surface area (Å²) in [7, 11) is 0.